The molecule has 10 heteroatoms. The number of ether oxygens (including phenoxy) is 4. The molecule has 35 heavy (non-hydrogen) atoms. The van der Waals surface area contributed by atoms with Crippen molar-refractivity contribution < 1.29 is 33.3 Å². The molecule has 0 spiro atoms. The highest BCUT2D eigenvalue weighted by Crippen LogP contribution is 2.21. The fraction of sp³-hybridized carbons (Fsp3) is 0.400. The molecular weight excluding hydrogens is 476 g/mol. The molecule has 2 aromatic carbocycles. The molecule has 3 N–H and O–H groups in total. The standard InChI is InChI=1S/C25H31ClN2O7/c1-16(27)15-32-24(31)34-17(2)33-23(30)25(3,4)35-21-11-5-18(6-12-21)13-14-28-22(29)19-7-9-20(26)10-8-19/h5-12,16-17H,13-15,27H2,1-4H3,(H,28,29). The van der Waals surface area contributed by atoms with Gasteiger partial charge in [-0.2, -0.15) is 0 Å². The summed E-state index contributed by atoms with van der Waals surface area (Å²) in [5.41, 5.74) is 5.66. The molecule has 0 heterocycles. The predicted molar refractivity (Wildman–Crippen MR) is 130 cm³/mol. The van der Waals surface area contributed by atoms with E-state index in [0.29, 0.717) is 29.3 Å². The van der Waals surface area contributed by atoms with Gasteiger partial charge in [0.15, 0.2) is 5.60 Å². The van der Waals surface area contributed by atoms with Crippen molar-refractivity contribution in [3.8, 4) is 5.75 Å². The van der Waals surface area contributed by atoms with E-state index in [-0.39, 0.29) is 18.6 Å². The molecule has 0 saturated heterocycles. The molecule has 2 atom stereocenters. The van der Waals surface area contributed by atoms with Crippen LogP contribution in [0.5, 0.6) is 5.75 Å². The zero-order valence-corrected chi connectivity index (χ0v) is 21.0. The zero-order valence-electron chi connectivity index (χ0n) is 20.2. The largest absolute Gasteiger partial charge is 0.511 e. The minimum absolute atomic E-state index is 0.0151. The van der Waals surface area contributed by atoms with E-state index in [1.165, 1.54) is 20.8 Å². The molecule has 0 saturated carbocycles. The Labute approximate surface area is 209 Å². The summed E-state index contributed by atoms with van der Waals surface area (Å²) in [7, 11) is 0. The monoisotopic (exact) mass is 506 g/mol. The van der Waals surface area contributed by atoms with Crippen LogP contribution in [0, 0.1) is 0 Å². The van der Waals surface area contributed by atoms with E-state index in [1.807, 2.05) is 12.1 Å². The van der Waals surface area contributed by atoms with Gasteiger partial charge in [-0.3, -0.25) is 4.79 Å². The van der Waals surface area contributed by atoms with Gasteiger partial charge in [-0.1, -0.05) is 23.7 Å². The molecule has 2 rings (SSSR count). The Morgan fingerprint density at radius 3 is 2.23 bits per heavy atom. The lowest BCUT2D eigenvalue weighted by atomic mass is 10.1. The molecule has 0 aliphatic rings. The van der Waals surface area contributed by atoms with E-state index in [2.05, 4.69) is 5.32 Å². The second-order valence-electron chi connectivity index (χ2n) is 8.40. The van der Waals surface area contributed by atoms with E-state index < -0.39 is 24.0 Å². The van der Waals surface area contributed by atoms with Crippen molar-refractivity contribution in [3.63, 3.8) is 0 Å². The maximum Gasteiger partial charge on any atom is 0.511 e. The quantitative estimate of drug-likeness (QED) is 0.347. The molecule has 0 aromatic heterocycles. The summed E-state index contributed by atoms with van der Waals surface area (Å²) in [6.07, 6.45) is -1.54. The normalized spacial score (nSPS) is 12.7. The molecule has 0 radical (unpaired) electrons. The Hall–Kier alpha value is -3.30. The molecule has 1 amide bonds. The topological polar surface area (TPSA) is 126 Å². The Morgan fingerprint density at radius 2 is 1.63 bits per heavy atom. The average Bonchev–Trinajstić information content (AvgIpc) is 2.79. The van der Waals surface area contributed by atoms with Crippen molar-refractivity contribution in [3.05, 3.63) is 64.7 Å². The first-order valence-corrected chi connectivity index (χ1v) is 11.5. The van der Waals surface area contributed by atoms with Crippen LogP contribution < -0.4 is 15.8 Å². The summed E-state index contributed by atoms with van der Waals surface area (Å²) >= 11 is 5.84. The lowest BCUT2D eigenvalue weighted by Crippen LogP contribution is -2.42. The van der Waals surface area contributed by atoms with Crippen molar-refractivity contribution >= 4 is 29.6 Å². The summed E-state index contributed by atoms with van der Waals surface area (Å²) in [4.78, 5) is 36.2. The number of nitrogens with one attached hydrogen (secondary N) is 1. The van der Waals surface area contributed by atoms with Gasteiger partial charge in [0, 0.05) is 30.1 Å². The third-order valence-corrected chi connectivity index (χ3v) is 4.84. The summed E-state index contributed by atoms with van der Waals surface area (Å²) in [6, 6.07) is 13.4. The maximum atomic E-state index is 12.5. The summed E-state index contributed by atoms with van der Waals surface area (Å²) in [6.45, 7) is 6.57. The van der Waals surface area contributed by atoms with Gasteiger partial charge in [0.25, 0.3) is 5.91 Å². The lowest BCUT2D eigenvalue weighted by Gasteiger charge is -2.26. The second-order valence-corrected chi connectivity index (χ2v) is 8.83. The van der Waals surface area contributed by atoms with Crippen molar-refractivity contribution in [2.75, 3.05) is 13.2 Å². The molecule has 9 nitrogen and oxygen atoms in total. The van der Waals surface area contributed by atoms with Crippen molar-refractivity contribution in [2.24, 2.45) is 5.73 Å². The first-order chi connectivity index (χ1) is 16.5. The molecule has 0 aliphatic carbocycles. The number of amides is 1. The van der Waals surface area contributed by atoms with E-state index >= 15 is 0 Å². The fourth-order valence-electron chi connectivity index (χ4n) is 2.77. The average molecular weight is 507 g/mol. The van der Waals surface area contributed by atoms with Crippen molar-refractivity contribution in [1.82, 2.24) is 5.32 Å². The van der Waals surface area contributed by atoms with Gasteiger partial charge in [-0.25, -0.2) is 9.59 Å². The first-order valence-electron chi connectivity index (χ1n) is 11.1. The minimum Gasteiger partial charge on any atom is -0.476 e. The summed E-state index contributed by atoms with van der Waals surface area (Å²) < 4.78 is 20.6. The van der Waals surface area contributed by atoms with Crippen LogP contribution in [-0.4, -0.2) is 49.1 Å². The number of benzene rings is 2. The predicted octanol–water partition coefficient (Wildman–Crippen LogP) is 3.86. The van der Waals surface area contributed by atoms with Crippen LogP contribution in [-0.2, 0) is 25.4 Å². The van der Waals surface area contributed by atoms with E-state index in [1.54, 1.807) is 43.3 Å². The van der Waals surface area contributed by atoms with Gasteiger partial charge < -0.3 is 30.0 Å². The van der Waals surface area contributed by atoms with Crippen LogP contribution in [0.1, 0.15) is 43.6 Å². The van der Waals surface area contributed by atoms with Crippen LogP contribution in [0.15, 0.2) is 48.5 Å². The van der Waals surface area contributed by atoms with Crippen molar-refractivity contribution in [2.45, 2.75) is 52.0 Å². The Bertz CT molecular complexity index is 992. The number of esters is 1. The minimum atomic E-state index is -1.35. The molecule has 0 aliphatic heterocycles. The van der Waals surface area contributed by atoms with Gasteiger partial charge in [0.1, 0.15) is 12.4 Å². The van der Waals surface area contributed by atoms with Crippen LogP contribution in [0.3, 0.4) is 0 Å². The van der Waals surface area contributed by atoms with Gasteiger partial charge in [0.2, 0.25) is 6.29 Å². The number of rotatable bonds is 11. The summed E-state index contributed by atoms with van der Waals surface area (Å²) in [5.74, 6) is -0.452. The fourth-order valence-corrected chi connectivity index (χ4v) is 2.90. The molecular formula is C25H31ClN2O7. The Morgan fingerprint density at radius 1 is 1.00 bits per heavy atom. The highest BCUT2D eigenvalue weighted by Gasteiger charge is 2.34. The maximum absolute atomic E-state index is 12.5. The zero-order chi connectivity index (χ0) is 26.0. The van der Waals surface area contributed by atoms with Crippen LogP contribution in [0.25, 0.3) is 0 Å². The Balaban J connectivity index is 1.80. The highest BCUT2D eigenvalue weighted by atomic mass is 35.5. The van der Waals surface area contributed by atoms with Crippen LogP contribution in [0.4, 0.5) is 4.79 Å². The first kappa shape index (κ1) is 27.9. The number of carbonyl (C=O) groups is 3. The van der Waals surface area contributed by atoms with Gasteiger partial charge in [0.05, 0.1) is 0 Å². The van der Waals surface area contributed by atoms with E-state index in [4.69, 9.17) is 36.3 Å². The Kier molecular flexibility index (Phi) is 10.4. The lowest BCUT2D eigenvalue weighted by molar-refractivity contribution is -0.183. The number of carbonyl (C=O) groups excluding carboxylic acids is 3. The second kappa shape index (κ2) is 13.0. The van der Waals surface area contributed by atoms with Crippen LogP contribution in [0.2, 0.25) is 5.02 Å². The van der Waals surface area contributed by atoms with Crippen molar-refractivity contribution in [1.29, 1.82) is 0 Å². The number of nitrogens with two attached hydrogens (primary N) is 1. The number of hydrogen-bond donors (Lipinski definition) is 2. The number of hydrogen-bond acceptors (Lipinski definition) is 8. The molecule has 2 aromatic rings. The van der Waals surface area contributed by atoms with E-state index in [0.717, 1.165) is 5.56 Å². The molecule has 190 valence electrons. The van der Waals surface area contributed by atoms with Gasteiger partial charge in [-0.05, 0) is 69.2 Å². The number of halogens is 1. The SMILES string of the molecule is CC(N)COC(=O)OC(C)OC(=O)C(C)(C)Oc1ccc(CCNC(=O)c2ccc(Cl)cc2)cc1. The molecule has 2 unspecified atom stereocenters. The van der Waals surface area contributed by atoms with E-state index in [9.17, 15) is 14.4 Å². The molecule has 0 fully saturated rings. The highest BCUT2D eigenvalue weighted by molar-refractivity contribution is 6.30. The third-order valence-electron chi connectivity index (χ3n) is 4.59. The third kappa shape index (κ3) is 9.84. The molecule has 0 bridgehead atoms. The smallest absolute Gasteiger partial charge is 0.476 e. The summed E-state index contributed by atoms with van der Waals surface area (Å²) in [5, 5.41) is 3.42. The van der Waals surface area contributed by atoms with Crippen LogP contribution >= 0.6 is 11.6 Å². The van der Waals surface area contributed by atoms with Gasteiger partial charge in [-0.15, -0.1) is 0 Å². The van der Waals surface area contributed by atoms with Gasteiger partial charge >= 0.3 is 12.1 Å².